The topological polar surface area (TPSA) is 65.5 Å². The number of nitrogens with zero attached hydrogens (tertiary/aromatic N) is 1. The van der Waals surface area contributed by atoms with Gasteiger partial charge in [-0.3, -0.25) is 4.79 Å². The van der Waals surface area contributed by atoms with Gasteiger partial charge in [0.25, 0.3) is 5.91 Å². The number of aliphatic imine (C=N–C) groups is 1. The van der Waals surface area contributed by atoms with Crippen molar-refractivity contribution in [1.82, 2.24) is 16.0 Å². The van der Waals surface area contributed by atoms with Crippen LogP contribution >= 0.6 is 24.0 Å². The molecule has 0 aliphatic rings. The molecule has 1 rings (SSSR count). The van der Waals surface area contributed by atoms with E-state index >= 15 is 0 Å². The zero-order valence-electron chi connectivity index (χ0n) is 13.8. The summed E-state index contributed by atoms with van der Waals surface area (Å²) in [6.07, 6.45) is 0. The molecule has 124 valence electrons. The lowest BCUT2D eigenvalue weighted by Gasteiger charge is -2.13. The summed E-state index contributed by atoms with van der Waals surface area (Å²) in [5.41, 5.74) is 1.74. The number of benzene rings is 1. The minimum Gasteiger partial charge on any atom is -0.357 e. The van der Waals surface area contributed by atoms with Crippen LogP contribution in [0.25, 0.3) is 0 Å². The lowest BCUT2D eigenvalue weighted by Crippen LogP contribution is -2.39. The Morgan fingerprint density at radius 3 is 2.32 bits per heavy atom. The van der Waals surface area contributed by atoms with E-state index in [4.69, 9.17) is 0 Å². The Balaban J connectivity index is 0.00000441. The summed E-state index contributed by atoms with van der Waals surface area (Å²) in [6.45, 7) is 8.68. The van der Waals surface area contributed by atoms with Crippen LogP contribution in [0.2, 0.25) is 0 Å². The molecule has 0 aromatic heterocycles. The van der Waals surface area contributed by atoms with Crippen molar-refractivity contribution < 1.29 is 4.79 Å². The van der Waals surface area contributed by atoms with Crippen LogP contribution in [0.1, 0.15) is 36.7 Å². The lowest BCUT2D eigenvalue weighted by molar-refractivity contribution is 0.0963. The first-order chi connectivity index (χ1) is 10.1. The van der Waals surface area contributed by atoms with Gasteiger partial charge in [-0.05, 0) is 30.5 Å². The molecule has 0 unspecified atom stereocenters. The van der Waals surface area contributed by atoms with Gasteiger partial charge in [0.15, 0.2) is 5.96 Å². The van der Waals surface area contributed by atoms with E-state index in [2.05, 4.69) is 34.8 Å². The largest absolute Gasteiger partial charge is 0.357 e. The maximum atomic E-state index is 11.5. The molecule has 0 radical (unpaired) electrons. The molecular weight excluding hydrogens is 391 g/mol. The van der Waals surface area contributed by atoms with Crippen LogP contribution in [0.4, 0.5) is 0 Å². The minimum absolute atomic E-state index is 0. The number of halogens is 1. The van der Waals surface area contributed by atoms with E-state index in [1.54, 1.807) is 7.05 Å². The van der Waals surface area contributed by atoms with Crippen molar-refractivity contribution in [3.05, 3.63) is 35.4 Å². The molecular formula is C16H27IN4O. The molecule has 3 N–H and O–H groups in total. The summed E-state index contributed by atoms with van der Waals surface area (Å²) in [5, 5.41) is 9.13. The quantitative estimate of drug-likeness (QED) is 0.378. The fourth-order valence-corrected chi connectivity index (χ4v) is 1.72. The third-order valence-electron chi connectivity index (χ3n) is 2.88. The minimum atomic E-state index is -0.0722. The summed E-state index contributed by atoms with van der Waals surface area (Å²) in [4.78, 5) is 16.0. The standard InChI is InChI=1S/C16H26N4O.HI/c1-5-18-16(19-10-12(2)3)20-11-13-6-8-14(9-7-13)15(21)17-4;/h6-9,12H,5,10-11H2,1-4H3,(H,17,21)(H2,18,19,20);1H. The number of carbonyl (C=O) groups excluding carboxylic acids is 1. The fraction of sp³-hybridized carbons (Fsp3) is 0.500. The van der Waals surface area contributed by atoms with Gasteiger partial charge < -0.3 is 16.0 Å². The van der Waals surface area contributed by atoms with Crippen LogP contribution in [-0.2, 0) is 6.54 Å². The van der Waals surface area contributed by atoms with Crippen LogP contribution < -0.4 is 16.0 Å². The van der Waals surface area contributed by atoms with Gasteiger partial charge in [0.05, 0.1) is 6.54 Å². The highest BCUT2D eigenvalue weighted by Gasteiger charge is 2.03. The number of hydrogen-bond donors (Lipinski definition) is 3. The first kappa shape index (κ1) is 20.7. The number of hydrogen-bond acceptors (Lipinski definition) is 2. The molecule has 0 aliphatic heterocycles. The van der Waals surface area contributed by atoms with Gasteiger partial charge in [-0.2, -0.15) is 0 Å². The van der Waals surface area contributed by atoms with Crippen molar-refractivity contribution >= 4 is 35.8 Å². The average molecular weight is 418 g/mol. The molecule has 0 aliphatic carbocycles. The summed E-state index contributed by atoms with van der Waals surface area (Å²) < 4.78 is 0. The van der Waals surface area contributed by atoms with Crippen LogP contribution in [0.3, 0.4) is 0 Å². The zero-order valence-corrected chi connectivity index (χ0v) is 16.1. The summed E-state index contributed by atoms with van der Waals surface area (Å²) in [7, 11) is 1.63. The number of amides is 1. The van der Waals surface area contributed by atoms with Crippen LogP contribution in [-0.4, -0.2) is 32.0 Å². The molecule has 1 aromatic rings. The Hall–Kier alpha value is -1.31. The molecule has 0 spiro atoms. The lowest BCUT2D eigenvalue weighted by atomic mass is 10.1. The molecule has 22 heavy (non-hydrogen) atoms. The highest BCUT2D eigenvalue weighted by molar-refractivity contribution is 14.0. The molecule has 0 saturated carbocycles. The van der Waals surface area contributed by atoms with Crippen LogP contribution in [0.15, 0.2) is 29.3 Å². The number of rotatable bonds is 6. The fourth-order valence-electron chi connectivity index (χ4n) is 1.72. The number of nitrogens with one attached hydrogen (secondary N) is 3. The molecule has 0 atom stereocenters. The van der Waals surface area contributed by atoms with E-state index in [1.807, 2.05) is 31.2 Å². The first-order valence-corrected chi connectivity index (χ1v) is 7.40. The predicted molar refractivity (Wildman–Crippen MR) is 103 cm³/mol. The molecule has 5 nitrogen and oxygen atoms in total. The highest BCUT2D eigenvalue weighted by atomic mass is 127. The molecule has 6 heteroatoms. The third-order valence-corrected chi connectivity index (χ3v) is 2.88. The van der Waals surface area contributed by atoms with Crippen molar-refractivity contribution in [3.8, 4) is 0 Å². The smallest absolute Gasteiger partial charge is 0.251 e. The number of carbonyl (C=O) groups is 1. The summed E-state index contributed by atoms with van der Waals surface area (Å²) >= 11 is 0. The van der Waals surface area contributed by atoms with E-state index in [9.17, 15) is 4.79 Å². The average Bonchev–Trinajstić information content (AvgIpc) is 2.49. The van der Waals surface area contributed by atoms with Crippen molar-refractivity contribution in [2.75, 3.05) is 20.1 Å². The molecule has 1 amide bonds. The second kappa shape index (κ2) is 11.3. The maximum Gasteiger partial charge on any atom is 0.251 e. The first-order valence-electron chi connectivity index (χ1n) is 7.40. The highest BCUT2D eigenvalue weighted by Crippen LogP contribution is 2.05. The van der Waals surface area contributed by atoms with Crippen molar-refractivity contribution in [2.24, 2.45) is 10.9 Å². The van der Waals surface area contributed by atoms with Gasteiger partial charge in [-0.15, -0.1) is 24.0 Å². The molecule has 0 saturated heterocycles. The normalized spacial score (nSPS) is 10.9. The number of guanidine groups is 1. The van der Waals surface area contributed by atoms with E-state index in [1.165, 1.54) is 0 Å². The van der Waals surface area contributed by atoms with Crippen LogP contribution in [0, 0.1) is 5.92 Å². The van der Waals surface area contributed by atoms with Crippen molar-refractivity contribution in [2.45, 2.75) is 27.3 Å². The Morgan fingerprint density at radius 2 is 1.82 bits per heavy atom. The van der Waals surface area contributed by atoms with E-state index in [0.29, 0.717) is 18.0 Å². The maximum absolute atomic E-state index is 11.5. The Morgan fingerprint density at radius 1 is 1.18 bits per heavy atom. The van der Waals surface area contributed by atoms with Crippen molar-refractivity contribution in [1.29, 1.82) is 0 Å². The molecule has 0 fully saturated rings. The van der Waals surface area contributed by atoms with Crippen LogP contribution in [0.5, 0.6) is 0 Å². The van der Waals surface area contributed by atoms with E-state index in [0.717, 1.165) is 24.6 Å². The Bertz CT molecular complexity index is 472. The molecule has 0 heterocycles. The van der Waals surface area contributed by atoms with Gasteiger partial charge in [0.1, 0.15) is 0 Å². The summed E-state index contributed by atoms with van der Waals surface area (Å²) in [5.74, 6) is 1.32. The second-order valence-corrected chi connectivity index (χ2v) is 5.25. The van der Waals surface area contributed by atoms with Gasteiger partial charge in [-0.1, -0.05) is 26.0 Å². The molecule has 0 bridgehead atoms. The predicted octanol–water partition coefficient (Wildman–Crippen LogP) is 2.38. The Kier molecular flexibility index (Phi) is 10.6. The van der Waals surface area contributed by atoms with E-state index in [-0.39, 0.29) is 29.9 Å². The van der Waals surface area contributed by atoms with Gasteiger partial charge in [0, 0.05) is 25.7 Å². The summed E-state index contributed by atoms with van der Waals surface area (Å²) in [6, 6.07) is 7.50. The Labute approximate surface area is 150 Å². The van der Waals surface area contributed by atoms with E-state index < -0.39 is 0 Å². The third kappa shape index (κ3) is 7.63. The monoisotopic (exact) mass is 418 g/mol. The SMILES string of the molecule is CCNC(=NCc1ccc(C(=O)NC)cc1)NCC(C)C.I. The molecule has 1 aromatic carbocycles. The second-order valence-electron chi connectivity index (χ2n) is 5.25. The van der Waals surface area contributed by atoms with Gasteiger partial charge >= 0.3 is 0 Å². The van der Waals surface area contributed by atoms with Gasteiger partial charge in [0.2, 0.25) is 0 Å². The zero-order chi connectivity index (χ0) is 15.7. The van der Waals surface area contributed by atoms with Gasteiger partial charge in [-0.25, -0.2) is 4.99 Å². The van der Waals surface area contributed by atoms with Crippen molar-refractivity contribution in [3.63, 3.8) is 0 Å².